The molecular weight excluding hydrogens is 218 g/mol. The summed E-state index contributed by atoms with van der Waals surface area (Å²) in [5.41, 5.74) is 0. The summed E-state index contributed by atoms with van der Waals surface area (Å²) in [4.78, 5) is 27.1. The number of hydrogen-bond donors (Lipinski definition) is 1. The van der Waals surface area contributed by atoms with Crippen LogP contribution < -0.4 is 5.32 Å². The van der Waals surface area contributed by atoms with Crippen molar-refractivity contribution in [3.8, 4) is 0 Å². The topological polar surface area (TPSA) is 52.7 Å². The first-order valence-electron chi connectivity index (χ1n) is 6.43. The van der Waals surface area contributed by atoms with E-state index in [0.717, 1.165) is 25.9 Å². The third kappa shape index (κ3) is 2.97. The Hall–Kier alpha value is -1.10. The molecule has 0 spiro atoms. The van der Waals surface area contributed by atoms with Gasteiger partial charge in [-0.15, -0.1) is 0 Å². The van der Waals surface area contributed by atoms with Gasteiger partial charge in [-0.05, 0) is 19.4 Å². The number of piperidine rings is 1. The van der Waals surface area contributed by atoms with Gasteiger partial charge in [-0.3, -0.25) is 9.59 Å². The maximum absolute atomic E-state index is 12.2. The summed E-state index contributed by atoms with van der Waals surface area (Å²) in [7, 11) is 0. The van der Waals surface area contributed by atoms with E-state index in [1.54, 1.807) is 6.92 Å². The number of piperazine rings is 1. The van der Waals surface area contributed by atoms with Gasteiger partial charge in [0.15, 0.2) is 0 Å². The van der Waals surface area contributed by atoms with Crippen LogP contribution in [-0.2, 0) is 9.59 Å². The molecule has 2 aliphatic heterocycles. The van der Waals surface area contributed by atoms with E-state index in [2.05, 4.69) is 5.32 Å². The van der Waals surface area contributed by atoms with Crippen LogP contribution in [0.4, 0.5) is 0 Å². The van der Waals surface area contributed by atoms with Crippen molar-refractivity contribution in [1.29, 1.82) is 0 Å². The standard InChI is InChI=1S/C12H21N3O2/c1-10(16)14-5-7-15(8-6-14)12(17)11-3-2-4-13-9-11/h11,13H,2-9H2,1H3/t11-/m1/s1. The van der Waals surface area contributed by atoms with Gasteiger partial charge in [0.1, 0.15) is 0 Å². The molecule has 96 valence electrons. The molecule has 17 heavy (non-hydrogen) atoms. The van der Waals surface area contributed by atoms with Crippen LogP contribution in [0.1, 0.15) is 19.8 Å². The number of hydrogen-bond acceptors (Lipinski definition) is 3. The summed E-state index contributed by atoms with van der Waals surface area (Å²) < 4.78 is 0. The molecule has 1 atom stereocenters. The molecular formula is C12H21N3O2. The molecule has 5 nitrogen and oxygen atoms in total. The van der Waals surface area contributed by atoms with E-state index < -0.39 is 0 Å². The molecule has 2 rings (SSSR count). The van der Waals surface area contributed by atoms with Gasteiger partial charge in [-0.25, -0.2) is 0 Å². The molecule has 0 aromatic carbocycles. The zero-order chi connectivity index (χ0) is 12.3. The molecule has 0 radical (unpaired) electrons. The highest BCUT2D eigenvalue weighted by Crippen LogP contribution is 2.15. The van der Waals surface area contributed by atoms with E-state index in [4.69, 9.17) is 0 Å². The van der Waals surface area contributed by atoms with Crippen LogP contribution in [-0.4, -0.2) is 60.9 Å². The monoisotopic (exact) mass is 239 g/mol. The largest absolute Gasteiger partial charge is 0.339 e. The highest BCUT2D eigenvalue weighted by Gasteiger charge is 2.28. The van der Waals surface area contributed by atoms with Crippen molar-refractivity contribution in [3.05, 3.63) is 0 Å². The van der Waals surface area contributed by atoms with Crippen molar-refractivity contribution in [3.63, 3.8) is 0 Å². The Morgan fingerprint density at radius 3 is 2.29 bits per heavy atom. The summed E-state index contributed by atoms with van der Waals surface area (Å²) in [5.74, 6) is 0.518. The lowest BCUT2D eigenvalue weighted by atomic mass is 9.98. The van der Waals surface area contributed by atoms with Gasteiger partial charge in [0.05, 0.1) is 5.92 Å². The summed E-state index contributed by atoms with van der Waals surface area (Å²) in [6, 6.07) is 0. The second kappa shape index (κ2) is 5.49. The average molecular weight is 239 g/mol. The van der Waals surface area contributed by atoms with Gasteiger partial charge in [-0.1, -0.05) is 0 Å². The molecule has 1 N–H and O–H groups in total. The Morgan fingerprint density at radius 1 is 1.12 bits per heavy atom. The molecule has 5 heteroatoms. The zero-order valence-electron chi connectivity index (χ0n) is 10.4. The van der Waals surface area contributed by atoms with E-state index in [1.807, 2.05) is 9.80 Å². The highest BCUT2D eigenvalue weighted by atomic mass is 16.2. The summed E-state index contributed by atoms with van der Waals surface area (Å²) in [6.07, 6.45) is 2.09. The minimum absolute atomic E-state index is 0.108. The molecule has 0 aromatic heterocycles. The first-order valence-corrected chi connectivity index (χ1v) is 6.43. The smallest absolute Gasteiger partial charge is 0.227 e. The molecule has 0 aromatic rings. The van der Waals surface area contributed by atoms with Crippen molar-refractivity contribution in [2.45, 2.75) is 19.8 Å². The summed E-state index contributed by atoms with van der Waals surface area (Å²) >= 11 is 0. The minimum Gasteiger partial charge on any atom is -0.339 e. The SMILES string of the molecule is CC(=O)N1CCN(C(=O)[C@@H]2CCCNC2)CC1. The Morgan fingerprint density at radius 2 is 1.76 bits per heavy atom. The van der Waals surface area contributed by atoms with Crippen molar-refractivity contribution in [2.24, 2.45) is 5.92 Å². The fraction of sp³-hybridized carbons (Fsp3) is 0.833. The van der Waals surface area contributed by atoms with Crippen LogP contribution in [0.25, 0.3) is 0 Å². The molecule has 2 saturated heterocycles. The maximum Gasteiger partial charge on any atom is 0.227 e. The van der Waals surface area contributed by atoms with Gasteiger partial charge in [-0.2, -0.15) is 0 Å². The summed E-state index contributed by atoms with van der Waals surface area (Å²) in [6.45, 7) is 6.17. The number of carbonyl (C=O) groups is 2. The van der Waals surface area contributed by atoms with E-state index in [1.165, 1.54) is 0 Å². The lowest BCUT2D eigenvalue weighted by Gasteiger charge is -2.36. The maximum atomic E-state index is 12.2. The Bertz CT molecular complexity index is 292. The second-order valence-electron chi connectivity index (χ2n) is 4.87. The third-order valence-corrected chi connectivity index (χ3v) is 3.68. The average Bonchev–Trinajstić information content (AvgIpc) is 2.39. The van der Waals surface area contributed by atoms with Crippen LogP contribution >= 0.6 is 0 Å². The van der Waals surface area contributed by atoms with E-state index in [9.17, 15) is 9.59 Å². The summed E-state index contributed by atoms with van der Waals surface area (Å²) in [5, 5.41) is 3.27. The Labute approximate surface area is 102 Å². The van der Waals surface area contributed by atoms with E-state index in [-0.39, 0.29) is 17.7 Å². The number of nitrogens with one attached hydrogen (secondary N) is 1. The van der Waals surface area contributed by atoms with Gasteiger partial charge in [0, 0.05) is 39.6 Å². The fourth-order valence-corrected chi connectivity index (χ4v) is 2.56. The normalized spacial score (nSPS) is 25.8. The zero-order valence-corrected chi connectivity index (χ0v) is 10.4. The molecule has 0 bridgehead atoms. The molecule has 0 aliphatic carbocycles. The highest BCUT2D eigenvalue weighted by molar-refractivity contribution is 5.80. The second-order valence-corrected chi connectivity index (χ2v) is 4.87. The van der Waals surface area contributed by atoms with Crippen molar-refractivity contribution in [2.75, 3.05) is 39.3 Å². The van der Waals surface area contributed by atoms with Gasteiger partial charge < -0.3 is 15.1 Å². The first-order chi connectivity index (χ1) is 8.18. The van der Waals surface area contributed by atoms with Crippen molar-refractivity contribution in [1.82, 2.24) is 15.1 Å². The van der Waals surface area contributed by atoms with Crippen LogP contribution in [0.15, 0.2) is 0 Å². The van der Waals surface area contributed by atoms with Crippen LogP contribution in [0.2, 0.25) is 0 Å². The van der Waals surface area contributed by atoms with Gasteiger partial charge in [0.25, 0.3) is 0 Å². The van der Waals surface area contributed by atoms with E-state index >= 15 is 0 Å². The van der Waals surface area contributed by atoms with Crippen LogP contribution in [0.5, 0.6) is 0 Å². The molecule has 2 amide bonds. The number of amides is 2. The lowest BCUT2D eigenvalue weighted by Crippen LogP contribution is -2.53. The molecule has 0 unspecified atom stereocenters. The number of rotatable bonds is 1. The molecule has 0 saturated carbocycles. The number of nitrogens with zero attached hydrogens (tertiary/aromatic N) is 2. The van der Waals surface area contributed by atoms with E-state index in [0.29, 0.717) is 26.2 Å². The van der Waals surface area contributed by atoms with Crippen molar-refractivity contribution < 1.29 is 9.59 Å². The lowest BCUT2D eigenvalue weighted by molar-refractivity contribution is -0.141. The molecule has 2 heterocycles. The number of carbonyl (C=O) groups excluding carboxylic acids is 2. The van der Waals surface area contributed by atoms with Gasteiger partial charge >= 0.3 is 0 Å². The molecule has 2 fully saturated rings. The van der Waals surface area contributed by atoms with Crippen LogP contribution in [0, 0.1) is 5.92 Å². The first kappa shape index (κ1) is 12.4. The van der Waals surface area contributed by atoms with Crippen LogP contribution in [0.3, 0.4) is 0 Å². The fourth-order valence-electron chi connectivity index (χ4n) is 2.56. The minimum atomic E-state index is 0.108. The van der Waals surface area contributed by atoms with Gasteiger partial charge in [0.2, 0.25) is 11.8 Å². The third-order valence-electron chi connectivity index (χ3n) is 3.68. The predicted molar refractivity (Wildman–Crippen MR) is 64.4 cm³/mol. The predicted octanol–water partition coefficient (Wildman–Crippen LogP) is -0.323. The Kier molecular flexibility index (Phi) is 3.99. The quantitative estimate of drug-likeness (QED) is 0.682. The molecule has 2 aliphatic rings. The van der Waals surface area contributed by atoms with Crippen molar-refractivity contribution >= 4 is 11.8 Å². The Balaban J connectivity index is 1.83.